The maximum Gasteiger partial charge on any atom is 0.486 e. The molecule has 4 rings (SSSR count). The fourth-order valence-electron chi connectivity index (χ4n) is 3.96. The lowest BCUT2D eigenvalue weighted by Gasteiger charge is -2.27. The molecule has 0 saturated carbocycles. The number of anilines is 1. The number of primary amides is 1. The normalized spacial score (nSPS) is 14.5. The highest BCUT2D eigenvalue weighted by Crippen LogP contribution is 2.36. The Bertz CT molecular complexity index is 1120. The molecule has 2 aromatic carbocycles. The molecule has 0 atom stereocenters. The van der Waals surface area contributed by atoms with Crippen LogP contribution in [0.1, 0.15) is 28.8 Å². The summed E-state index contributed by atoms with van der Waals surface area (Å²) >= 11 is 0. The van der Waals surface area contributed by atoms with Gasteiger partial charge in [-0.25, -0.2) is 9.97 Å². The molecule has 0 aliphatic carbocycles. The molecule has 3 aromatic rings. The van der Waals surface area contributed by atoms with Gasteiger partial charge in [-0.05, 0) is 43.6 Å². The summed E-state index contributed by atoms with van der Waals surface area (Å²) in [5, 5.41) is 0.0400. The lowest BCUT2D eigenvalue weighted by atomic mass is 10.1. The van der Waals surface area contributed by atoms with Crippen molar-refractivity contribution in [1.29, 1.82) is 0 Å². The van der Waals surface area contributed by atoms with E-state index in [9.17, 15) is 18.0 Å². The standard InChI is InChI=1S/C23H24F3N5O2/c24-23(25,26)31(14-16-6-2-1-3-7-16)22-19-13-17(33-11-10-30-8-4-5-9-30)12-18(21(27)32)20(19)28-15-29-22/h1-3,6-7,12-13,15H,4-5,8-11,14H2,(H2,27,32). The predicted octanol–water partition coefficient (Wildman–Crippen LogP) is 3.73. The smallest absolute Gasteiger partial charge is 0.486 e. The number of fused-ring (bicyclic) bond motifs is 1. The van der Waals surface area contributed by atoms with E-state index in [0.29, 0.717) is 18.7 Å². The summed E-state index contributed by atoms with van der Waals surface area (Å²) in [6, 6.07) is 11.1. The van der Waals surface area contributed by atoms with Crippen molar-refractivity contribution in [2.24, 2.45) is 5.73 Å². The van der Waals surface area contributed by atoms with Gasteiger partial charge in [0.05, 0.1) is 17.6 Å². The summed E-state index contributed by atoms with van der Waals surface area (Å²) in [5.41, 5.74) is 5.99. The number of likely N-dealkylation sites (tertiary alicyclic amines) is 1. The molecule has 1 aliphatic rings. The third-order valence-electron chi connectivity index (χ3n) is 5.58. The van der Waals surface area contributed by atoms with Gasteiger partial charge in [0.1, 0.15) is 24.5 Å². The van der Waals surface area contributed by atoms with Gasteiger partial charge in [0.2, 0.25) is 0 Å². The van der Waals surface area contributed by atoms with Crippen molar-refractivity contribution >= 4 is 22.6 Å². The summed E-state index contributed by atoms with van der Waals surface area (Å²) < 4.78 is 48.1. The van der Waals surface area contributed by atoms with E-state index >= 15 is 0 Å². The molecule has 2 heterocycles. The van der Waals surface area contributed by atoms with Crippen LogP contribution in [0.15, 0.2) is 48.8 Å². The van der Waals surface area contributed by atoms with Crippen LogP contribution in [0, 0.1) is 0 Å². The van der Waals surface area contributed by atoms with Crippen LogP contribution in [-0.4, -0.2) is 53.3 Å². The minimum absolute atomic E-state index is 0.0193. The quantitative estimate of drug-likeness (QED) is 0.517. The van der Waals surface area contributed by atoms with Gasteiger partial charge < -0.3 is 10.5 Å². The number of nitrogens with zero attached hydrogens (tertiary/aromatic N) is 4. The topological polar surface area (TPSA) is 84.6 Å². The maximum atomic E-state index is 14.1. The van der Waals surface area contributed by atoms with Crippen LogP contribution in [0.4, 0.5) is 19.0 Å². The minimum Gasteiger partial charge on any atom is -0.492 e. The van der Waals surface area contributed by atoms with Crippen molar-refractivity contribution in [3.8, 4) is 5.75 Å². The summed E-state index contributed by atoms with van der Waals surface area (Å²) in [7, 11) is 0. The number of amides is 1. The van der Waals surface area contributed by atoms with Crippen molar-refractivity contribution in [1.82, 2.24) is 14.9 Å². The van der Waals surface area contributed by atoms with E-state index in [0.717, 1.165) is 32.3 Å². The number of rotatable bonds is 8. The molecule has 7 nitrogen and oxygen atoms in total. The van der Waals surface area contributed by atoms with Gasteiger partial charge in [0.25, 0.3) is 5.91 Å². The Kier molecular flexibility index (Phi) is 6.64. The molecule has 10 heteroatoms. The molecule has 0 bridgehead atoms. The Hall–Kier alpha value is -3.40. The SMILES string of the molecule is NC(=O)c1cc(OCCN2CCCC2)cc2c(N(Cc3ccccc3)C(F)(F)F)ncnc12. The first-order chi connectivity index (χ1) is 15.8. The zero-order valence-corrected chi connectivity index (χ0v) is 17.9. The first-order valence-corrected chi connectivity index (χ1v) is 10.6. The average Bonchev–Trinajstić information content (AvgIpc) is 3.30. The number of halogens is 3. The highest BCUT2D eigenvalue weighted by atomic mass is 19.4. The minimum atomic E-state index is -4.73. The Labute approximate surface area is 189 Å². The van der Waals surface area contributed by atoms with Crippen molar-refractivity contribution < 1.29 is 22.7 Å². The Morgan fingerprint density at radius 1 is 1.12 bits per heavy atom. The summed E-state index contributed by atoms with van der Waals surface area (Å²) in [6.45, 7) is 2.55. The van der Waals surface area contributed by atoms with Crippen LogP contribution < -0.4 is 15.4 Å². The monoisotopic (exact) mass is 459 g/mol. The second-order valence-corrected chi connectivity index (χ2v) is 7.87. The lowest BCUT2D eigenvalue weighted by Crippen LogP contribution is -2.38. The van der Waals surface area contributed by atoms with Crippen molar-refractivity contribution in [3.63, 3.8) is 0 Å². The van der Waals surface area contributed by atoms with Gasteiger partial charge in [-0.1, -0.05) is 30.3 Å². The lowest BCUT2D eigenvalue weighted by molar-refractivity contribution is -0.131. The van der Waals surface area contributed by atoms with Crippen LogP contribution in [0.3, 0.4) is 0 Å². The molecule has 1 saturated heterocycles. The molecular weight excluding hydrogens is 435 g/mol. The number of hydrogen-bond acceptors (Lipinski definition) is 6. The summed E-state index contributed by atoms with van der Waals surface area (Å²) in [4.78, 5) is 22.5. The molecule has 1 aromatic heterocycles. The number of aromatic nitrogens is 2. The summed E-state index contributed by atoms with van der Waals surface area (Å²) in [6.07, 6.45) is -1.45. The fraction of sp³-hybridized carbons (Fsp3) is 0.348. The van der Waals surface area contributed by atoms with E-state index in [4.69, 9.17) is 10.5 Å². The zero-order chi connectivity index (χ0) is 23.4. The summed E-state index contributed by atoms with van der Waals surface area (Å²) in [5.74, 6) is -0.937. The van der Waals surface area contributed by atoms with Crippen molar-refractivity contribution in [3.05, 3.63) is 59.9 Å². The average molecular weight is 459 g/mol. The Morgan fingerprint density at radius 2 is 1.85 bits per heavy atom. The van der Waals surface area contributed by atoms with Gasteiger partial charge in [0.15, 0.2) is 0 Å². The molecular formula is C23H24F3N5O2. The van der Waals surface area contributed by atoms with Gasteiger partial charge >= 0.3 is 6.30 Å². The van der Waals surface area contributed by atoms with Gasteiger partial charge in [-0.15, -0.1) is 0 Å². The van der Waals surface area contributed by atoms with E-state index < -0.39 is 18.8 Å². The largest absolute Gasteiger partial charge is 0.492 e. The highest BCUT2D eigenvalue weighted by Gasteiger charge is 2.39. The van der Waals surface area contributed by atoms with Crippen LogP contribution in [0.5, 0.6) is 5.75 Å². The zero-order valence-electron chi connectivity index (χ0n) is 17.9. The molecule has 174 valence electrons. The van der Waals surface area contributed by atoms with E-state index in [1.807, 2.05) is 0 Å². The molecule has 0 unspecified atom stereocenters. The van der Waals surface area contributed by atoms with Crippen LogP contribution >= 0.6 is 0 Å². The number of hydrogen-bond donors (Lipinski definition) is 1. The van der Waals surface area contributed by atoms with Crippen LogP contribution in [-0.2, 0) is 6.54 Å². The van der Waals surface area contributed by atoms with Gasteiger partial charge in [0, 0.05) is 11.9 Å². The van der Waals surface area contributed by atoms with Gasteiger partial charge in [-0.3, -0.25) is 14.6 Å². The van der Waals surface area contributed by atoms with E-state index in [1.54, 1.807) is 30.3 Å². The van der Waals surface area contributed by atoms with Crippen LogP contribution in [0.2, 0.25) is 0 Å². The fourth-order valence-corrected chi connectivity index (χ4v) is 3.96. The molecule has 0 radical (unpaired) electrons. The second kappa shape index (κ2) is 9.62. The Morgan fingerprint density at radius 3 is 2.52 bits per heavy atom. The third-order valence-corrected chi connectivity index (χ3v) is 5.58. The van der Waals surface area contributed by atoms with Crippen molar-refractivity contribution in [2.75, 3.05) is 31.1 Å². The first kappa shape index (κ1) is 22.8. The number of carbonyl (C=O) groups excluding carboxylic acids is 1. The van der Waals surface area contributed by atoms with Crippen molar-refractivity contribution in [2.45, 2.75) is 25.7 Å². The number of carbonyl (C=O) groups is 1. The molecule has 1 aliphatic heterocycles. The Balaban J connectivity index is 1.73. The molecule has 1 amide bonds. The van der Waals surface area contributed by atoms with Gasteiger partial charge in [-0.2, -0.15) is 13.2 Å². The number of benzene rings is 2. The van der Waals surface area contributed by atoms with E-state index in [2.05, 4.69) is 14.9 Å². The predicted molar refractivity (Wildman–Crippen MR) is 118 cm³/mol. The number of ether oxygens (including phenoxy) is 1. The molecule has 1 fully saturated rings. The number of alkyl halides is 3. The molecule has 33 heavy (non-hydrogen) atoms. The van der Waals surface area contributed by atoms with E-state index in [-0.39, 0.29) is 32.9 Å². The van der Waals surface area contributed by atoms with E-state index in [1.165, 1.54) is 12.1 Å². The molecule has 2 N–H and O–H groups in total. The number of nitrogens with two attached hydrogens (primary N) is 1. The second-order valence-electron chi connectivity index (χ2n) is 7.87. The molecule has 0 spiro atoms. The van der Waals surface area contributed by atoms with Crippen LogP contribution in [0.25, 0.3) is 10.9 Å². The maximum absolute atomic E-state index is 14.1. The third kappa shape index (κ3) is 5.33. The first-order valence-electron chi connectivity index (χ1n) is 10.6. The highest BCUT2D eigenvalue weighted by molar-refractivity contribution is 6.07.